The summed E-state index contributed by atoms with van der Waals surface area (Å²) in [6, 6.07) is 6.33. The summed E-state index contributed by atoms with van der Waals surface area (Å²) in [6.07, 6.45) is 0. The third-order valence-corrected chi connectivity index (χ3v) is 4.64. The lowest BCUT2D eigenvalue weighted by atomic mass is 9.97. The number of nitrogens with one attached hydrogen (secondary N) is 2. The van der Waals surface area contributed by atoms with Crippen LogP contribution < -0.4 is 10.7 Å². The summed E-state index contributed by atoms with van der Waals surface area (Å²) < 4.78 is 14.7. The molecule has 0 radical (unpaired) electrons. The SMILES string of the molecule is C[NH2+]/N=C(\N=N)c1c(Cl)cc(Cl)cc1-c1ccc(CNC(=O)N(O)C(C)C)c(F)c1. The number of quaternary nitrogens is 1. The van der Waals surface area contributed by atoms with Gasteiger partial charge in [0, 0.05) is 17.1 Å². The Morgan fingerprint density at radius 1 is 1.33 bits per heavy atom. The van der Waals surface area contributed by atoms with E-state index in [1.807, 2.05) is 0 Å². The van der Waals surface area contributed by atoms with Crippen LogP contribution in [-0.4, -0.2) is 35.2 Å². The minimum atomic E-state index is -0.730. The van der Waals surface area contributed by atoms with Crippen molar-refractivity contribution < 1.29 is 19.8 Å². The highest BCUT2D eigenvalue weighted by molar-refractivity contribution is 6.38. The van der Waals surface area contributed by atoms with Gasteiger partial charge in [0.25, 0.3) is 0 Å². The highest BCUT2D eigenvalue weighted by Crippen LogP contribution is 2.34. The van der Waals surface area contributed by atoms with E-state index >= 15 is 0 Å². The largest absolute Gasteiger partial charge is 0.341 e. The topological polar surface area (TPSA) is 118 Å². The summed E-state index contributed by atoms with van der Waals surface area (Å²) in [5.74, 6) is -0.519. The number of nitrogens with zero attached hydrogens (tertiary/aromatic N) is 3. The Labute approximate surface area is 183 Å². The summed E-state index contributed by atoms with van der Waals surface area (Å²) in [4.78, 5) is 11.8. The first kappa shape index (κ1) is 23.7. The van der Waals surface area contributed by atoms with Gasteiger partial charge >= 0.3 is 6.03 Å². The third kappa shape index (κ3) is 5.51. The fraction of sp³-hybridized carbons (Fsp3) is 0.263. The molecule has 0 aliphatic carbocycles. The average molecular weight is 456 g/mol. The molecule has 0 unspecified atom stereocenters. The van der Waals surface area contributed by atoms with Gasteiger partial charge in [-0.2, -0.15) is 0 Å². The molecular formula is C19H22Cl2FN6O2+. The molecule has 0 aliphatic rings. The lowest BCUT2D eigenvalue weighted by Gasteiger charge is -2.19. The number of carbonyl (C=O) groups is 1. The molecule has 0 saturated carbocycles. The Morgan fingerprint density at radius 3 is 2.60 bits per heavy atom. The number of amidine groups is 1. The number of carbonyl (C=O) groups excluding carboxylic acids is 1. The standard InChI is InChI=1S/C19H21Cl2FN6O2/c1-10(2)28(30)19(29)25-9-12-5-4-11(6-16(12)22)14-7-13(20)8-15(21)17(14)18(26-23)27-24-3/h4-8,10,23-24,30H,9H2,1-3H3,(H,25,29)/p+1/b26-23?,27-18-. The second kappa shape index (κ2) is 10.4. The summed E-state index contributed by atoms with van der Waals surface area (Å²) in [6.45, 7) is 3.16. The maximum Gasteiger partial charge on any atom is 0.341 e. The van der Waals surface area contributed by atoms with Crippen molar-refractivity contribution in [2.75, 3.05) is 7.05 Å². The molecule has 8 nitrogen and oxygen atoms in total. The molecule has 2 aromatic rings. The van der Waals surface area contributed by atoms with Gasteiger partial charge in [-0.3, -0.25) is 5.21 Å². The van der Waals surface area contributed by atoms with E-state index in [0.29, 0.717) is 26.8 Å². The van der Waals surface area contributed by atoms with E-state index in [1.54, 1.807) is 33.0 Å². The predicted molar refractivity (Wildman–Crippen MR) is 112 cm³/mol. The Kier molecular flexibility index (Phi) is 8.24. The zero-order valence-electron chi connectivity index (χ0n) is 16.6. The molecule has 30 heavy (non-hydrogen) atoms. The number of hydrogen-bond donors (Lipinski definition) is 4. The van der Waals surface area contributed by atoms with Gasteiger partial charge in [0.15, 0.2) is 0 Å². The average Bonchev–Trinajstić information content (AvgIpc) is 2.70. The summed E-state index contributed by atoms with van der Waals surface area (Å²) in [5, 5.41) is 20.6. The minimum absolute atomic E-state index is 0.0580. The molecule has 160 valence electrons. The van der Waals surface area contributed by atoms with Crippen molar-refractivity contribution in [2.45, 2.75) is 26.4 Å². The van der Waals surface area contributed by atoms with Crippen LogP contribution in [0.1, 0.15) is 25.0 Å². The molecule has 0 aliphatic heterocycles. The van der Waals surface area contributed by atoms with E-state index in [0.717, 1.165) is 0 Å². The number of hydroxylamine groups is 2. The van der Waals surface area contributed by atoms with Crippen LogP contribution in [0.4, 0.5) is 9.18 Å². The molecule has 0 heterocycles. The monoisotopic (exact) mass is 455 g/mol. The molecule has 0 atom stereocenters. The first-order chi connectivity index (χ1) is 14.2. The number of nitrogens with two attached hydrogens (primary N) is 1. The molecule has 2 amide bonds. The quantitative estimate of drug-likeness (QED) is 0.131. The van der Waals surface area contributed by atoms with Crippen molar-refractivity contribution >= 4 is 35.1 Å². The first-order valence-corrected chi connectivity index (χ1v) is 9.72. The van der Waals surface area contributed by atoms with Gasteiger partial charge in [-0.15, -0.1) is 5.11 Å². The minimum Gasteiger partial charge on any atom is -0.332 e. The third-order valence-electron chi connectivity index (χ3n) is 4.13. The van der Waals surface area contributed by atoms with Crippen LogP contribution >= 0.6 is 23.2 Å². The highest BCUT2D eigenvalue weighted by Gasteiger charge is 2.19. The maximum atomic E-state index is 14.7. The summed E-state index contributed by atoms with van der Waals surface area (Å²) in [5.41, 5.74) is 10.3. The number of halogens is 3. The van der Waals surface area contributed by atoms with Crippen LogP contribution in [-0.2, 0) is 6.54 Å². The van der Waals surface area contributed by atoms with Gasteiger partial charge in [-0.05, 0) is 43.2 Å². The highest BCUT2D eigenvalue weighted by atomic mass is 35.5. The predicted octanol–water partition coefficient (Wildman–Crippen LogP) is 3.99. The molecule has 0 aromatic heterocycles. The van der Waals surface area contributed by atoms with Crippen molar-refractivity contribution in [2.24, 2.45) is 10.2 Å². The van der Waals surface area contributed by atoms with Crippen LogP contribution in [0.15, 0.2) is 40.5 Å². The van der Waals surface area contributed by atoms with Crippen LogP contribution in [0.25, 0.3) is 11.1 Å². The summed E-state index contributed by atoms with van der Waals surface area (Å²) in [7, 11) is 1.67. The van der Waals surface area contributed by atoms with Crippen LogP contribution in [0.5, 0.6) is 0 Å². The van der Waals surface area contributed by atoms with Gasteiger partial charge in [0.1, 0.15) is 5.82 Å². The van der Waals surface area contributed by atoms with E-state index in [9.17, 15) is 14.4 Å². The molecule has 0 bridgehead atoms. The van der Waals surface area contributed by atoms with E-state index in [4.69, 9.17) is 28.7 Å². The van der Waals surface area contributed by atoms with Crippen molar-refractivity contribution in [1.82, 2.24) is 10.4 Å². The molecular weight excluding hydrogens is 434 g/mol. The molecule has 2 rings (SSSR count). The number of amides is 2. The van der Waals surface area contributed by atoms with Crippen molar-refractivity contribution in [3.63, 3.8) is 0 Å². The second-order valence-corrected chi connectivity index (χ2v) is 7.38. The fourth-order valence-corrected chi connectivity index (χ4v) is 3.22. The van der Waals surface area contributed by atoms with Gasteiger partial charge in [0.2, 0.25) is 5.84 Å². The second-order valence-electron chi connectivity index (χ2n) is 6.54. The first-order valence-electron chi connectivity index (χ1n) is 8.96. The fourth-order valence-electron chi connectivity index (χ4n) is 2.64. The smallest absolute Gasteiger partial charge is 0.332 e. The molecule has 11 heteroatoms. The lowest BCUT2D eigenvalue weighted by molar-refractivity contribution is -0.633. The Balaban J connectivity index is 2.40. The normalized spacial score (nSPS) is 11.5. The number of urea groups is 1. The molecule has 0 saturated heterocycles. The van der Waals surface area contributed by atoms with Gasteiger partial charge in [-0.25, -0.2) is 25.2 Å². The number of hydrogen-bond acceptors (Lipinski definition) is 4. The van der Waals surface area contributed by atoms with Crippen LogP contribution in [0.2, 0.25) is 10.0 Å². The Morgan fingerprint density at radius 2 is 2.03 bits per heavy atom. The maximum absolute atomic E-state index is 14.7. The summed E-state index contributed by atoms with van der Waals surface area (Å²) >= 11 is 12.4. The molecule has 0 spiro atoms. The zero-order valence-corrected chi connectivity index (χ0v) is 18.1. The Hall–Kier alpha value is -2.59. The van der Waals surface area contributed by atoms with E-state index in [2.05, 4.69) is 15.5 Å². The molecule has 0 fully saturated rings. The van der Waals surface area contributed by atoms with Crippen LogP contribution in [0.3, 0.4) is 0 Å². The van der Waals surface area contributed by atoms with Crippen molar-refractivity contribution in [1.29, 1.82) is 5.53 Å². The van der Waals surface area contributed by atoms with Gasteiger partial charge in [-0.1, -0.05) is 40.4 Å². The molecule has 2 aromatic carbocycles. The molecule has 5 N–H and O–H groups in total. The van der Waals surface area contributed by atoms with E-state index in [1.165, 1.54) is 23.6 Å². The van der Waals surface area contributed by atoms with Crippen molar-refractivity contribution in [3.8, 4) is 11.1 Å². The van der Waals surface area contributed by atoms with Gasteiger partial charge < -0.3 is 5.32 Å². The zero-order chi connectivity index (χ0) is 22.4. The lowest BCUT2D eigenvalue weighted by Crippen LogP contribution is -2.73. The van der Waals surface area contributed by atoms with E-state index in [-0.39, 0.29) is 23.0 Å². The van der Waals surface area contributed by atoms with E-state index < -0.39 is 17.9 Å². The Bertz CT molecular complexity index is 984. The van der Waals surface area contributed by atoms with Crippen LogP contribution in [0, 0.1) is 11.3 Å². The number of benzene rings is 2. The number of rotatable bonds is 6. The van der Waals surface area contributed by atoms with Gasteiger partial charge in [0.05, 0.1) is 23.7 Å². The van der Waals surface area contributed by atoms with Crippen molar-refractivity contribution in [3.05, 3.63) is 57.3 Å².